The average Bonchev–Trinajstić information content (AvgIpc) is 2.33. The summed E-state index contributed by atoms with van der Waals surface area (Å²) in [6.45, 7) is 5.85. The Balaban J connectivity index is 2.71. The Kier molecular flexibility index (Phi) is 3.50. The predicted molar refractivity (Wildman–Crippen MR) is 58.4 cm³/mol. The molecule has 66 valence electrons. The maximum Gasteiger partial charge on any atom is 0.0438 e. The molecule has 0 fully saturated rings. The van der Waals surface area contributed by atoms with Crippen LogP contribution in [0, 0.1) is 0 Å². The van der Waals surface area contributed by atoms with Gasteiger partial charge in [0.2, 0.25) is 0 Å². The highest BCUT2D eigenvalue weighted by Crippen LogP contribution is 2.30. The molecule has 0 spiro atoms. The van der Waals surface area contributed by atoms with Crippen LogP contribution in [0.15, 0.2) is 28.1 Å². The van der Waals surface area contributed by atoms with E-state index >= 15 is 0 Å². The molecule has 1 rings (SSSR count). The molecule has 1 unspecified atom stereocenters. The highest BCUT2D eigenvalue weighted by atomic mass is 79.9. The molecule has 0 bridgehead atoms. The molecule has 0 saturated heterocycles. The van der Waals surface area contributed by atoms with Crippen LogP contribution < -0.4 is 5.73 Å². The summed E-state index contributed by atoms with van der Waals surface area (Å²) in [6, 6.07) is 2.12. The summed E-state index contributed by atoms with van der Waals surface area (Å²) in [6.07, 6.45) is 0.860. The van der Waals surface area contributed by atoms with Gasteiger partial charge in [0.05, 0.1) is 0 Å². The van der Waals surface area contributed by atoms with E-state index in [9.17, 15) is 0 Å². The molecule has 0 aliphatic carbocycles. The van der Waals surface area contributed by atoms with E-state index in [0.717, 1.165) is 16.5 Å². The van der Waals surface area contributed by atoms with Gasteiger partial charge < -0.3 is 5.73 Å². The lowest BCUT2D eigenvalue weighted by Crippen LogP contribution is -2.08. The summed E-state index contributed by atoms with van der Waals surface area (Å²) in [5.41, 5.74) is 7.09. The number of thiophene rings is 1. The number of rotatable bonds is 3. The van der Waals surface area contributed by atoms with Crippen LogP contribution in [0.5, 0.6) is 0 Å². The van der Waals surface area contributed by atoms with Crippen molar-refractivity contribution in [2.24, 2.45) is 5.73 Å². The maximum absolute atomic E-state index is 5.96. The molecule has 3 heteroatoms. The monoisotopic (exact) mass is 245 g/mol. The predicted octanol–water partition coefficient (Wildman–Crippen LogP) is 3.48. The standard InChI is InChI=1S/C9H12BrNS/c1-6(2)5-8(11)9-7(10)3-4-12-9/h3-4,8H,1,5,11H2,2H3. The number of nitrogens with two attached hydrogens (primary N) is 1. The van der Waals surface area contributed by atoms with Gasteiger partial charge in [0.25, 0.3) is 0 Å². The van der Waals surface area contributed by atoms with Crippen LogP contribution in [0.2, 0.25) is 0 Å². The lowest BCUT2D eigenvalue weighted by molar-refractivity contribution is 0.728. The van der Waals surface area contributed by atoms with Gasteiger partial charge >= 0.3 is 0 Å². The molecule has 1 nitrogen and oxygen atoms in total. The van der Waals surface area contributed by atoms with Gasteiger partial charge in [-0.15, -0.1) is 17.9 Å². The van der Waals surface area contributed by atoms with Crippen molar-refractivity contribution in [1.29, 1.82) is 0 Å². The topological polar surface area (TPSA) is 26.0 Å². The largest absolute Gasteiger partial charge is 0.323 e. The first kappa shape index (κ1) is 9.96. The summed E-state index contributed by atoms with van der Waals surface area (Å²) < 4.78 is 1.11. The molecular weight excluding hydrogens is 234 g/mol. The van der Waals surface area contributed by atoms with Crippen molar-refractivity contribution in [1.82, 2.24) is 0 Å². The van der Waals surface area contributed by atoms with Crippen molar-refractivity contribution in [2.75, 3.05) is 0 Å². The Morgan fingerprint density at radius 1 is 1.83 bits per heavy atom. The molecule has 0 aliphatic heterocycles. The summed E-state index contributed by atoms with van der Waals surface area (Å²) >= 11 is 5.14. The quantitative estimate of drug-likeness (QED) is 0.812. The zero-order chi connectivity index (χ0) is 9.14. The van der Waals surface area contributed by atoms with Crippen molar-refractivity contribution in [3.63, 3.8) is 0 Å². The molecule has 0 aromatic carbocycles. The SMILES string of the molecule is C=C(C)CC(N)c1sccc1Br. The fourth-order valence-electron chi connectivity index (χ4n) is 1.04. The normalized spacial score (nSPS) is 12.9. The zero-order valence-electron chi connectivity index (χ0n) is 7.01. The molecule has 1 aromatic heterocycles. The fraction of sp³-hybridized carbons (Fsp3) is 0.333. The molecule has 2 N–H and O–H groups in total. The molecule has 0 amide bonds. The van der Waals surface area contributed by atoms with Crippen molar-refractivity contribution >= 4 is 27.3 Å². The third-order valence-corrected chi connectivity index (χ3v) is 3.55. The van der Waals surface area contributed by atoms with Crippen LogP contribution in [0.3, 0.4) is 0 Å². The van der Waals surface area contributed by atoms with Crippen molar-refractivity contribution in [2.45, 2.75) is 19.4 Å². The Labute approximate surface area is 85.4 Å². The molecule has 1 aromatic rings. The third kappa shape index (κ3) is 2.44. The van der Waals surface area contributed by atoms with Gasteiger partial charge in [-0.25, -0.2) is 0 Å². The van der Waals surface area contributed by atoms with Crippen LogP contribution >= 0.6 is 27.3 Å². The minimum absolute atomic E-state index is 0.0943. The highest BCUT2D eigenvalue weighted by molar-refractivity contribution is 9.10. The highest BCUT2D eigenvalue weighted by Gasteiger charge is 2.10. The lowest BCUT2D eigenvalue weighted by Gasteiger charge is -2.09. The lowest BCUT2D eigenvalue weighted by atomic mass is 10.1. The Hall–Kier alpha value is -0.120. The number of halogens is 1. The second-order valence-electron chi connectivity index (χ2n) is 2.90. The van der Waals surface area contributed by atoms with E-state index < -0.39 is 0 Å². The van der Waals surface area contributed by atoms with Crippen LogP contribution in [0.25, 0.3) is 0 Å². The van der Waals surface area contributed by atoms with Gasteiger partial charge in [-0.05, 0) is 40.7 Å². The third-order valence-electron chi connectivity index (χ3n) is 1.55. The second kappa shape index (κ2) is 4.21. The van der Waals surface area contributed by atoms with Gasteiger partial charge in [0, 0.05) is 15.4 Å². The molecule has 1 heterocycles. The van der Waals surface area contributed by atoms with Crippen LogP contribution in [0.1, 0.15) is 24.3 Å². The van der Waals surface area contributed by atoms with Gasteiger partial charge in [-0.3, -0.25) is 0 Å². The van der Waals surface area contributed by atoms with Crippen molar-refractivity contribution in [3.05, 3.63) is 32.9 Å². The fourth-order valence-corrected chi connectivity index (χ4v) is 2.71. The Bertz CT molecular complexity index is 280. The number of hydrogen-bond donors (Lipinski definition) is 1. The summed E-state index contributed by atoms with van der Waals surface area (Å²) in [5, 5.41) is 2.04. The molecule has 0 aliphatic rings. The number of hydrogen-bond acceptors (Lipinski definition) is 2. The van der Waals surface area contributed by atoms with E-state index in [1.807, 2.05) is 18.4 Å². The van der Waals surface area contributed by atoms with E-state index in [-0.39, 0.29) is 6.04 Å². The van der Waals surface area contributed by atoms with E-state index in [1.54, 1.807) is 11.3 Å². The molecule has 1 atom stereocenters. The Morgan fingerprint density at radius 2 is 2.50 bits per heavy atom. The first-order valence-corrected chi connectivity index (χ1v) is 5.41. The van der Waals surface area contributed by atoms with Gasteiger partial charge in [-0.1, -0.05) is 5.57 Å². The molecule has 0 saturated carbocycles. The minimum Gasteiger partial charge on any atom is -0.323 e. The molecule has 0 radical (unpaired) electrons. The second-order valence-corrected chi connectivity index (χ2v) is 4.70. The van der Waals surface area contributed by atoms with Crippen molar-refractivity contribution in [3.8, 4) is 0 Å². The smallest absolute Gasteiger partial charge is 0.0438 e. The van der Waals surface area contributed by atoms with Gasteiger partial charge in [-0.2, -0.15) is 0 Å². The first-order valence-electron chi connectivity index (χ1n) is 3.74. The van der Waals surface area contributed by atoms with Crippen LogP contribution in [-0.2, 0) is 0 Å². The van der Waals surface area contributed by atoms with Gasteiger partial charge in [0.1, 0.15) is 0 Å². The van der Waals surface area contributed by atoms with Crippen LogP contribution in [-0.4, -0.2) is 0 Å². The van der Waals surface area contributed by atoms with Gasteiger partial charge in [0.15, 0.2) is 0 Å². The zero-order valence-corrected chi connectivity index (χ0v) is 9.41. The van der Waals surface area contributed by atoms with Crippen molar-refractivity contribution < 1.29 is 0 Å². The molecular formula is C9H12BrNS. The minimum atomic E-state index is 0.0943. The summed E-state index contributed by atoms with van der Waals surface area (Å²) in [7, 11) is 0. The van der Waals surface area contributed by atoms with E-state index in [0.29, 0.717) is 0 Å². The van der Waals surface area contributed by atoms with Crippen LogP contribution in [0.4, 0.5) is 0 Å². The summed E-state index contributed by atoms with van der Waals surface area (Å²) in [4.78, 5) is 1.21. The first-order chi connectivity index (χ1) is 5.61. The summed E-state index contributed by atoms with van der Waals surface area (Å²) in [5.74, 6) is 0. The van der Waals surface area contributed by atoms with E-state index in [4.69, 9.17) is 5.73 Å². The molecule has 12 heavy (non-hydrogen) atoms. The van der Waals surface area contributed by atoms with E-state index in [2.05, 4.69) is 22.5 Å². The maximum atomic E-state index is 5.96. The Morgan fingerprint density at radius 3 is 2.92 bits per heavy atom. The van der Waals surface area contributed by atoms with E-state index in [1.165, 1.54) is 4.88 Å². The average molecular weight is 246 g/mol.